The largest absolute Gasteiger partial charge is 0.508 e. The van der Waals surface area contributed by atoms with E-state index in [1.807, 2.05) is 24.1 Å². The highest BCUT2D eigenvalue weighted by Crippen LogP contribution is 2.40. The van der Waals surface area contributed by atoms with Crippen LogP contribution in [0.1, 0.15) is 88.2 Å². The molecule has 228 valence electrons. The van der Waals surface area contributed by atoms with Crippen LogP contribution in [-0.2, 0) is 28.7 Å². The van der Waals surface area contributed by atoms with Crippen molar-refractivity contribution in [2.45, 2.75) is 110 Å². The molecular weight excluding hydrogens is 528 g/mol. The normalized spacial score (nSPS) is 16.4. The van der Waals surface area contributed by atoms with Crippen molar-refractivity contribution in [1.82, 2.24) is 10.2 Å². The number of aliphatic hydroxyl groups excluding tert-OH is 1. The van der Waals surface area contributed by atoms with Crippen LogP contribution in [0.5, 0.6) is 5.75 Å². The van der Waals surface area contributed by atoms with Gasteiger partial charge in [0, 0.05) is 31.7 Å². The van der Waals surface area contributed by atoms with E-state index < -0.39 is 8.32 Å². The van der Waals surface area contributed by atoms with Gasteiger partial charge in [-0.2, -0.15) is 0 Å². The van der Waals surface area contributed by atoms with E-state index in [0.717, 1.165) is 24.1 Å². The van der Waals surface area contributed by atoms with Crippen LogP contribution in [0.4, 0.5) is 0 Å². The molecule has 1 fully saturated rings. The number of hydrogen-bond donors (Lipinski definition) is 3. The minimum Gasteiger partial charge on any atom is -0.508 e. The molecule has 1 amide bonds. The minimum absolute atomic E-state index is 0.0515. The fraction of sp³-hybridized carbons (Fsp3) is 0.618. The summed E-state index contributed by atoms with van der Waals surface area (Å²) in [6.07, 6.45) is 7.49. The van der Waals surface area contributed by atoms with Gasteiger partial charge in [-0.05, 0) is 79.1 Å². The number of amides is 1. The lowest BCUT2D eigenvalue weighted by atomic mass is 9.89. The van der Waals surface area contributed by atoms with E-state index in [-0.39, 0.29) is 35.4 Å². The fourth-order valence-electron chi connectivity index (χ4n) is 5.46. The van der Waals surface area contributed by atoms with Crippen molar-refractivity contribution in [3.63, 3.8) is 0 Å². The Hall–Kier alpha value is -2.19. The van der Waals surface area contributed by atoms with Gasteiger partial charge < -0.3 is 24.9 Å². The molecule has 6 nitrogen and oxygen atoms in total. The van der Waals surface area contributed by atoms with E-state index in [9.17, 15) is 15.0 Å². The number of aliphatic hydroxyl groups is 1. The van der Waals surface area contributed by atoms with E-state index >= 15 is 0 Å². The summed E-state index contributed by atoms with van der Waals surface area (Å²) in [5.41, 5.74) is 3.73. The molecule has 7 heteroatoms. The number of phenols is 1. The smallest absolute Gasteiger partial charge is 0.226 e. The molecule has 0 heterocycles. The Morgan fingerprint density at radius 1 is 1.10 bits per heavy atom. The zero-order chi connectivity index (χ0) is 30.2. The molecule has 0 unspecified atom stereocenters. The second kappa shape index (κ2) is 14.8. The maximum absolute atomic E-state index is 13.0. The molecule has 1 aliphatic carbocycles. The molecule has 0 saturated heterocycles. The van der Waals surface area contributed by atoms with Crippen molar-refractivity contribution in [2.75, 3.05) is 20.1 Å². The first kappa shape index (κ1) is 33.3. The average Bonchev–Trinajstić information content (AvgIpc) is 2.91. The van der Waals surface area contributed by atoms with Crippen molar-refractivity contribution in [3.8, 4) is 5.75 Å². The molecular formula is C34H54N2O4Si. The zero-order valence-corrected chi connectivity index (χ0v) is 27.5. The standard InChI is InChI=1S/C34H54N2O4Si/c1-25(18-27-14-11-15-28(19-27)20-33(39)36(5)23-26-12-9-8-10-13-26)35-22-32(40-41(6,7)34(2,3)4)29-16-17-31(38)30(21-29)24-37/h11,14-17,19,21,25-26,32,35,37-38H,8-10,12-13,18,20,22-24H2,1-7H3/t25-,32+/m1/s1. The Morgan fingerprint density at radius 3 is 2.44 bits per heavy atom. The van der Waals surface area contributed by atoms with E-state index in [4.69, 9.17) is 4.43 Å². The molecule has 2 atom stereocenters. The van der Waals surface area contributed by atoms with Crippen molar-refractivity contribution in [2.24, 2.45) is 5.92 Å². The van der Waals surface area contributed by atoms with Crippen LogP contribution < -0.4 is 5.32 Å². The number of hydrogen-bond acceptors (Lipinski definition) is 5. The molecule has 3 rings (SSSR count). The maximum atomic E-state index is 13.0. The molecule has 0 spiro atoms. The summed E-state index contributed by atoms with van der Waals surface area (Å²) < 4.78 is 6.84. The fourth-order valence-corrected chi connectivity index (χ4v) is 6.75. The van der Waals surface area contributed by atoms with Crippen LogP contribution in [-0.4, -0.2) is 55.5 Å². The SMILES string of the molecule is C[C@H](Cc1cccc(CC(=O)N(C)CC2CCCCC2)c1)NC[C@H](O[Si](C)(C)C(C)(C)C)c1ccc(O)c(CO)c1. The monoisotopic (exact) mass is 582 g/mol. The summed E-state index contributed by atoms with van der Waals surface area (Å²) in [6, 6.07) is 14.0. The highest BCUT2D eigenvalue weighted by molar-refractivity contribution is 6.74. The van der Waals surface area contributed by atoms with Gasteiger partial charge in [0.15, 0.2) is 8.32 Å². The van der Waals surface area contributed by atoms with Gasteiger partial charge in [0.1, 0.15) is 5.75 Å². The summed E-state index contributed by atoms with van der Waals surface area (Å²) in [6.45, 7) is 14.6. The third-order valence-corrected chi connectivity index (χ3v) is 13.6. The lowest BCUT2D eigenvalue weighted by Gasteiger charge is -2.40. The molecule has 1 saturated carbocycles. The predicted octanol–water partition coefficient (Wildman–Crippen LogP) is 6.75. The van der Waals surface area contributed by atoms with Gasteiger partial charge >= 0.3 is 0 Å². The first-order valence-electron chi connectivity index (χ1n) is 15.4. The number of rotatable bonds is 13. The van der Waals surface area contributed by atoms with Crippen LogP contribution in [0.15, 0.2) is 42.5 Å². The molecule has 41 heavy (non-hydrogen) atoms. The number of nitrogens with zero attached hydrogens (tertiary/aromatic N) is 1. The van der Waals surface area contributed by atoms with Crippen LogP contribution in [0.25, 0.3) is 0 Å². The highest BCUT2D eigenvalue weighted by atomic mass is 28.4. The highest BCUT2D eigenvalue weighted by Gasteiger charge is 2.39. The molecule has 0 bridgehead atoms. The Labute approximate surface area is 249 Å². The third kappa shape index (κ3) is 9.95. The Bertz CT molecular complexity index is 1120. The number of nitrogens with one attached hydrogen (secondary N) is 1. The van der Waals surface area contributed by atoms with Crippen molar-refractivity contribution >= 4 is 14.2 Å². The second-order valence-electron chi connectivity index (χ2n) is 13.7. The van der Waals surface area contributed by atoms with E-state index in [1.165, 1.54) is 37.7 Å². The topological polar surface area (TPSA) is 82.0 Å². The van der Waals surface area contributed by atoms with Gasteiger partial charge in [0.25, 0.3) is 0 Å². The molecule has 2 aromatic carbocycles. The predicted molar refractivity (Wildman–Crippen MR) is 171 cm³/mol. The Kier molecular flexibility index (Phi) is 12.0. The zero-order valence-electron chi connectivity index (χ0n) is 26.5. The molecule has 0 aromatic heterocycles. The summed E-state index contributed by atoms with van der Waals surface area (Å²) in [5, 5.41) is 23.6. The molecule has 2 aromatic rings. The third-order valence-electron chi connectivity index (χ3n) is 9.11. The molecule has 1 aliphatic rings. The molecule has 0 radical (unpaired) electrons. The van der Waals surface area contributed by atoms with Crippen molar-refractivity contribution in [1.29, 1.82) is 0 Å². The van der Waals surface area contributed by atoms with Crippen LogP contribution in [0, 0.1) is 5.92 Å². The average molecular weight is 583 g/mol. The molecule has 0 aliphatic heterocycles. The van der Waals surface area contributed by atoms with E-state index in [2.05, 4.69) is 70.4 Å². The summed E-state index contributed by atoms with van der Waals surface area (Å²) in [5.74, 6) is 0.945. The lowest BCUT2D eigenvalue weighted by molar-refractivity contribution is -0.129. The summed E-state index contributed by atoms with van der Waals surface area (Å²) >= 11 is 0. The lowest BCUT2D eigenvalue weighted by Crippen LogP contribution is -2.44. The van der Waals surface area contributed by atoms with Gasteiger partial charge in [-0.15, -0.1) is 0 Å². The maximum Gasteiger partial charge on any atom is 0.226 e. The molecule has 3 N–H and O–H groups in total. The number of aromatic hydroxyl groups is 1. The number of carbonyl (C=O) groups excluding carboxylic acids is 1. The van der Waals surface area contributed by atoms with E-state index in [1.54, 1.807) is 6.07 Å². The van der Waals surface area contributed by atoms with Gasteiger partial charge in [0.05, 0.1) is 19.1 Å². The van der Waals surface area contributed by atoms with E-state index in [0.29, 0.717) is 24.4 Å². The number of carbonyl (C=O) groups is 1. The van der Waals surface area contributed by atoms with Gasteiger partial charge in [-0.3, -0.25) is 4.79 Å². The van der Waals surface area contributed by atoms with Crippen molar-refractivity contribution in [3.05, 3.63) is 64.7 Å². The van der Waals surface area contributed by atoms with Gasteiger partial charge in [-0.25, -0.2) is 0 Å². The minimum atomic E-state index is -2.09. The van der Waals surface area contributed by atoms with Gasteiger partial charge in [-0.1, -0.05) is 70.4 Å². The number of likely N-dealkylation sites (N-methyl/N-ethyl adjacent to an activating group) is 1. The first-order chi connectivity index (χ1) is 19.3. The van der Waals surface area contributed by atoms with Crippen LogP contribution in [0.2, 0.25) is 18.1 Å². The summed E-state index contributed by atoms with van der Waals surface area (Å²) in [7, 11) is -0.135. The summed E-state index contributed by atoms with van der Waals surface area (Å²) in [4.78, 5) is 14.9. The quantitative estimate of drug-likeness (QED) is 0.228. The van der Waals surface area contributed by atoms with Crippen LogP contribution >= 0.6 is 0 Å². The van der Waals surface area contributed by atoms with Crippen molar-refractivity contribution < 1.29 is 19.4 Å². The Balaban J connectivity index is 1.62. The number of benzene rings is 2. The Morgan fingerprint density at radius 2 is 1.78 bits per heavy atom. The second-order valence-corrected chi connectivity index (χ2v) is 18.5. The first-order valence-corrected chi connectivity index (χ1v) is 18.4. The van der Waals surface area contributed by atoms with Crippen LogP contribution in [0.3, 0.4) is 0 Å². The van der Waals surface area contributed by atoms with Gasteiger partial charge in [0.2, 0.25) is 5.91 Å².